The molecule has 0 radical (unpaired) electrons. The lowest BCUT2D eigenvalue weighted by atomic mass is 10.2. The van der Waals surface area contributed by atoms with Gasteiger partial charge in [-0.25, -0.2) is 4.79 Å². The standard InChI is InChI=1S/C16H34N4O3/c1-7-22-13-9-8-10-18-14(17-5)19-11-12-20(6)15(21)23-16(2,3)4/h7-13H2,1-6H3,(H2,17,18,19). The van der Waals surface area contributed by atoms with Crippen LogP contribution in [0.4, 0.5) is 4.79 Å². The summed E-state index contributed by atoms with van der Waals surface area (Å²) in [7, 11) is 3.45. The molecule has 0 saturated carbocycles. The maximum Gasteiger partial charge on any atom is 0.410 e. The summed E-state index contributed by atoms with van der Waals surface area (Å²) in [5, 5.41) is 6.41. The lowest BCUT2D eigenvalue weighted by Crippen LogP contribution is -2.43. The summed E-state index contributed by atoms with van der Waals surface area (Å²) in [6.45, 7) is 11.1. The third kappa shape index (κ3) is 12.7. The number of carbonyl (C=O) groups excluding carboxylic acids is 1. The second-order valence-electron chi connectivity index (χ2n) is 6.23. The van der Waals surface area contributed by atoms with Crippen LogP contribution in [-0.2, 0) is 9.47 Å². The first-order chi connectivity index (χ1) is 10.8. The van der Waals surface area contributed by atoms with Crippen molar-refractivity contribution in [3.05, 3.63) is 0 Å². The third-order valence-corrected chi connectivity index (χ3v) is 2.88. The Bertz CT molecular complexity index is 354. The third-order valence-electron chi connectivity index (χ3n) is 2.88. The normalized spacial score (nSPS) is 12.0. The Kier molecular flexibility index (Phi) is 11.2. The van der Waals surface area contributed by atoms with Crippen LogP contribution < -0.4 is 10.6 Å². The molecule has 7 heteroatoms. The van der Waals surface area contributed by atoms with Gasteiger partial charge in [0.25, 0.3) is 0 Å². The van der Waals surface area contributed by atoms with E-state index in [0.29, 0.717) is 13.1 Å². The molecule has 0 heterocycles. The average Bonchev–Trinajstić information content (AvgIpc) is 2.46. The molecule has 0 aromatic rings. The summed E-state index contributed by atoms with van der Waals surface area (Å²) < 4.78 is 10.6. The number of nitrogens with one attached hydrogen (secondary N) is 2. The molecule has 0 aromatic heterocycles. The number of rotatable bonds is 9. The highest BCUT2D eigenvalue weighted by molar-refractivity contribution is 5.79. The van der Waals surface area contributed by atoms with E-state index in [9.17, 15) is 4.79 Å². The zero-order valence-corrected chi connectivity index (χ0v) is 15.6. The first-order valence-corrected chi connectivity index (χ1v) is 8.26. The highest BCUT2D eigenvalue weighted by Gasteiger charge is 2.19. The van der Waals surface area contributed by atoms with Gasteiger partial charge in [0, 0.05) is 46.9 Å². The van der Waals surface area contributed by atoms with Crippen LogP contribution in [0.2, 0.25) is 0 Å². The van der Waals surface area contributed by atoms with Gasteiger partial charge in [-0.1, -0.05) is 0 Å². The molecule has 0 rings (SSSR count). The van der Waals surface area contributed by atoms with Crippen LogP contribution in [0.3, 0.4) is 0 Å². The van der Waals surface area contributed by atoms with Gasteiger partial charge in [-0.05, 0) is 40.5 Å². The molecule has 0 atom stereocenters. The molecule has 136 valence electrons. The predicted octanol–water partition coefficient (Wildman–Crippen LogP) is 1.83. The van der Waals surface area contributed by atoms with Crippen molar-refractivity contribution in [3.8, 4) is 0 Å². The Morgan fingerprint density at radius 2 is 1.83 bits per heavy atom. The molecule has 1 amide bonds. The van der Waals surface area contributed by atoms with Crippen molar-refractivity contribution in [2.75, 3.05) is 46.9 Å². The summed E-state index contributed by atoms with van der Waals surface area (Å²) in [6, 6.07) is 0. The van der Waals surface area contributed by atoms with Crippen LogP contribution in [0.1, 0.15) is 40.5 Å². The number of likely N-dealkylation sites (N-methyl/N-ethyl adjacent to an activating group) is 1. The van der Waals surface area contributed by atoms with Gasteiger partial charge in [-0.15, -0.1) is 0 Å². The monoisotopic (exact) mass is 330 g/mol. The van der Waals surface area contributed by atoms with Crippen molar-refractivity contribution in [3.63, 3.8) is 0 Å². The van der Waals surface area contributed by atoms with Crippen LogP contribution in [-0.4, -0.2) is 69.5 Å². The minimum absolute atomic E-state index is 0.321. The highest BCUT2D eigenvalue weighted by Crippen LogP contribution is 2.08. The fourth-order valence-electron chi connectivity index (χ4n) is 1.67. The number of ether oxygens (including phenoxy) is 2. The summed E-state index contributed by atoms with van der Waals surface area (Å²) in [5.41, 5.74) is -0.474. The van der Waals surface area contributed by atoms with E-state index in [1.165, 1.54) is 0 Å². The van der Waals surface area contributed by atoms with Gasteiger partial charge in [0.15, 0.2) is 5.96 Å². The van der Waals surface area contributed by atoms with Gasteiger partial charge in [0.1, 0.15) is 5.60 Å². The molecule has 0 unspecified atom stereocenters. The smallest absolute Gasteiger partial charge is 0.410 e. The van der Waals surface area contributed by atoms with E-state index >= 15 is 0 Å². The Morgan fingerprint density at radius 1 is 1.17 bits per heavy atom. The van der Waals surface area contributed by atoms with E-state index in [1.54, 1.807) is 19.0 Å². The lowest BCUT2D eigenvalue weighted by molar-refractivity contribution is 0.0302. The molecule has 0 aromatic carbocycles. The highest BCUT2D eigenvalue weighted by atomic mass is 16.6. The second kappa shape index (κ2) is 12.0. The average molecular weight is 330 g/mol. The number of hydrogen-bond donors (Lipinski definition) is 2. The second-order valence-corrected chi connectivity index (χ2v) is 6.23. The molecule has 0 spiro atoms. The minimum atomic E-state index is -0.474. The Balaban J connectivity index is 3.84. The summed E-state index contributed by atoms with van der Waals surface area (Å²) in [5.74, 6) is 0.735. The van der Waals surface area contributed by atoms with E-state index in [2.05, 4.69) is 15.6 Å². The van der Waals surface area contributed by atoms with Crippen molar-refractivity contribution in [2.45, 2.75) is 46.1 Å². The first-order valence-electron chi connectivity index (χ1n) is 8.26. The minimum Gasteiger partial charge on any atom is -0.444 e. The van der Waals surface area contributed by atoms with Crippen molar-refractivity contribution < 1.29 is 14.3 Å². The number of unbranched alkanes of at least 4 members (excludes halogenated alkanes) is 1. The van der Waals surface area contributed by atoms with Crippen molar-refractivity contribution in [1.82, 2.24) is 15.5 Å². The molecule has 2 N–H and O–H groups in total. The Labute approximate surface area is 140 Å². The topological polar surface area (TPSA) is 75.2 Å². The molecule has 23 heavy (non-hydrogen) atoms. The number of guanidine groups is 1. The fourth-order valence-corrected chi connectivity index (χ4v) is 1.67. The summed E-state index contributed by atoms with van der Waals surface area (Å²) >= 11 is 0. The Morgan fingerprint density at radius 3 is 2.39 bits per heavy atom. The number of amides is 1. The molecule has 7 nitrogen and oxygen atoms in total. The summed E-state index contributed by atoms with van der Waals surface area (Å²) in [4.78, 5) is 17.5. The number of nitrogens with zero attached hydrogens (tertiary/aromatic N) is 2. The van der Waals surface area contributed by atoms with E-state index in [0.717, 1.165) is 38.6 Å². The van der Waals surface area contributed by atoms with Gasteiger partial charge in [0.2, 0.25) is 0 Å². The summed E-state index contributed by atoms with van der Waals surface area (Å²) in [6.07, 6.45) is 1.73. The van der Waals surface area contributed by atoms with Crippen LogP contribution in [0, 0.1) is 0 Å². The van der Waals surface area contributed by atoms with Crippen molar-refractivity contribution in [2.24, 2.45) is 4.99 Å². The molecule has 0 aliphatic heterocycles. The SMILES string of the molecule is CCOCCCCNC(=NC)NCCN(C)C(=O)OC(C)(C)C. The van der Waals surface area contributed by atoms with E-state index in [4.69, 9.17) is 9.47 Å². The largest absolute Gasteiger partial charge is 0.444 e. The Hall–Kier alpha value is -1.50. The molecule has 0 aliphatic carbocycles. The predicted molar refractivity (Wildman–Crippen MR) is 94.0 cm³/mol. The number of aliphatic imine (C=N–C) groups is 1. The van der Waals surface area contributed by atoms with E-state index in [-0.39, 0.29) is 6.09 Å². The quantitative estimate of drug-likeness (QED) is 0.383. The molecule has 0 bridgehead atoms. The van der Waals surface area contributed by atoms with Gasteiger partial charge in [0.05, 0.1) is 0 Å². The zero-order valence-electron chi connectivity index (χ0n) is 15.6. The fraction of sp³-hybridized carbons (Fsp3) is 0.875. The maximum atomic E-state index is 11.8. The van der Waals surface area contributed by atoms with Crippen LogP contribution in [0.5, 0.6) is 0 Å². The van der Waals surface area contributed by atoms with Crippen LogP contribution >= 0.6 is 0 Å². The number of carbonyl (C=O) groups is 1. The van der Waals surface area contributed by atoms with Gasteiger partial charge < -0.3 is 25.0 Å². The van der Waals surface area contributed by atoms with Gasteiger partial charge in [-0.3, -0.25) is 4.99 Å². The van der Waals surface area contributed by atoms with Crippen LogP contribution in [0.15, 0.2) is 4.99 Å². The molecular weight excluding hydrogens is 296 g/mol. The molecular formula is C16H34N4O3. The lowest BCUT2D eigenvalue weighted by Gasteiger charge is -2.24. The van der Waals surface area contributed by atoms with Crippen LogP contribution in [0.25, 0.3) is 0 Å². The van der Waals surface area contributed by atoms with E-state index in [1.807, 2.05) is 27.7 Å². The molecule has 0 fully saturated rings. The number of hydrogen-bond acceptors (Lipinski definition) is 4. The van der Waals surface area contributed by atoms with E-state index < -0.39 is 5.60 Å². The van der Waals surface area contributed by atoms with Gasteiger partial charge >= 0.3 is 6.09 Å². The maximum absolute atomic E-state index is 11.8. The first kappa shape index (κ1) is 21.5. The van der Waals surface area contributed by atoms with Crippen molar-refractivity contribution in [1.29, 1.82) is 0 Å². The van der Waals surface area contributed by atoms with Crippen molar-refractivity contribution >= 4 is 12.1 Å². The zero-order chi connectivity index (χ0) is 17.7. The molecule has 0 aliphatic rings. The van der Waals surface area contributed by atoms with Gasteiger partial charge in [-0.2, -0.15) is 0 Å². The molecule has 0 saturated heterocycles.